The lowest BCUT2D eigenvalue weighted by molar-refractivity contribution is 0.0673. The molecule has 0 saturated heterocycles. The number of aliphatic hydroxyl groups is 1. The van der Waals surface area contributed by atoms with Gasteiger partial charge in [0.1, 0.15) is 5.69 Å². The van der Waals surface area contributed by atoms with E-state index in [-0.39, 0.29) is 18.6 Å². The fourth-order valence-electron chi connectivity index (χ4n) is 1.92. The number of aromatic nitrogens is 2. The molecule has 0 saturated carbocycles. The van der Waals surface area contributed by atoms with E-state index in [4.69, 9.17) is 5.11 Å². The van der Waals surface area contributed by atoms with Gasteiger partial charge < -0.3 is 14.6 Å². The van der Waals surface area contributed by atoms with Gasteiger partial charge in [-0.1, -0.05) is 0 Å². The van der Waals surface area contributed by atoms with Gasteiger partial charge in [-0.3, -0.25) is 4.79 Å². The fraction of sp³-hybridized carbons (Fsp3) is 0.429. The maximum absolute atomic E-state index is 12.4. The van der Waals surface area contributed by atoms with E-state index in [1.54, 1.807) is 27.9 Å². The molecular weight excluding hydrogens is 274 g/mol. The number of aryl methyl sites for hydroxylation is 2. The van der Waals surface area contributed by atoms with Gasteiger partial charge in [-0.05, 0) is 19.9 Å². The summed E-state index contributed by atoms with van der Waals surface area (Å²) < 4.78 is 1.80. The Hall–Kier alpha value is -1.66. The van der Waals surface area contributed by atoms with E-state index < -0.39 is 0 Å². The van der Waals surface area contributed by atoms with Gasteiger partial charge >= 0.3 is 0 Å². The van der Waals surface area contributed by atoms with Gasteiger partial charge in [0.2, 0.25) is 0 Å². The summed E-state index contributed by atoms with van der Waals surface area (Å²) in [6, 6.07) is 1.64. The average Bonchev–Trinajstić information content (AvgIpc) is 3.02. The van der Waals surface area contributed by atoms with E-state index >= 15 is 0 Å². The van der Waals surface area contributed by atoms with Crippen molar-refractivity contribution in [3.63, 3.8) is 0 Å². The summed E-state index contributed by atoms with van der Waals surface area (Å²) in [5.41, 5.74) is 2.42. The highest BCUT2D eigenvalue weighted by Crippen LogP contribution is 2.24. The molecule has 20 heavy (non-hydrogen) atoms. The van der Waals surface area contributed by atoms with Crippen LogP contribution in [0.15, 0.2) is 17.6 Å². The van der Waals surface area contributed by atoms with Crippen LogP contribution in [-0.2, 0) is 7.05 Å². The van der Waals surface area contributed by atoms with Crippen molar-refractivity contribution in [3.8, 4) is 11.3 Å². The van der Waals surface area contributed by atoms with E-state index in [1.807, 2.05) is 38.5 Å². The minimum atomic E-state index is -0.206. The number of hydrogen-bond acceptors (Lipinski definition) is 4. The molecule has 0 aliphatic carbocycles. The second-order valence-corrected chi connectivity index (χ2v) is 5.99. The molecule has 0 bridgehead atoms. The summed E-state index contributed by atoms with van der Waals surface area (Å²) in [4.78, 5) is 18.4. The van der Waals surface area contributed by atoms with Crippen molar-refractivity contribution in [2.24, 2.45) is 7.05 Å². The van der Waals surface area contributed by atoms with Crippen LogP contribution in [-0.4, -0.2) is 45.2 Å². The largest absolute Gasteiger partial charge is 0.394 e. The number of carbonyl (C=O) groups is 1. The summed E-state index contributed by atoms with van der Waals surface area (Å²) in [6.07, 6.45) is 1.90. The van der Waals surface area contributed by atoms with Crippen LogP contribution >= 0.6 is 11.3 Å². The lowest BCUT2D eigenvalue weighted by Crippen LogP contribution is -2.38. The third kappa shape index (κ3) is 2.76. The first-order chi connectivity index (χ1) is 9.43. The van der Waals surface area contributed by atoms with Crippen molar-refractivity contribution in [1.29, 1.82) is 0 Å². The number of aliphatic hydroxyl groups excluding tert-OH is 1. The van der Waals surface area contributed by atoms with Gasteiger partial charge in [-0.2, -0.15) is 0 Å². The van der Waals surface area contributed by atoms with Gasteiger partial charge in [0.25, 0.3) is 5.91 Å². The zero-order valence-corrected chi connectivity index (χ0v) is 12.9. The molecule has 0 radical (unpaired) electrons. The fourth-order valence-corrected chi connectivity index (χ4v) is 2.54. The Morgan fingerprint density at radius 1 is 1.60 bits per heavy atom. The van der Waals surface area contributed by atoms with Crippen molar-refractivity contribution in [1.82, 2.24) is 14.5 Å². The minimum absolute atomic E-state index is 0.0508. The van der Waals surface area contributed by atoms with Crippen LogP contribution in [0.2, 0.25) is 0 Å². The third-order valence-corrected chi connectivity index (χ3v) is 4.16. The van der Waals surface area contributed by atoms with Crippen LogP contribution in [0.3, 0.4) is 0 Å². The molecular formula is C14H19N3O2S. The highest BCUT2D eigenvalue weighted by molar-refractivity contribution is 7.09. The molecule has 1 atom stereocenters. The molecule has 0 aliphatic rings. The second-order valence-electron chi connectivity index (χ2n) is 4.92. The van der Waals surface area contributed by atoms with Crippen LogP contribution in [0.5, 0.6) is 0 Å². The van der Waals surface area contributed by atoms with Gasteiger partial charge in [0.05, 0.1) is 23.4 Å². The Labute approximate surface area is 122 Å². The Morgan fingerprint density at radius 3 is 2.85 bits per heavy atom. The van der Waals surface area contributed by atoms with Crippen LogP contribution in [0, 0.1) is 6.92 Å². The monoisotopic (exact) mass is 293 g/mol. The molecule has 2 aromatic heterocycles. The molecule has 0 aromatic carbocycles. The van der Waals surface area contributed by atoms with Crippen LogP contribution in [0.25, 0.3) is 11.3 Å². The predicted octanol–water partition coefficient (Wildman–Crippen LogP) is 1.91. The summed E-state index contributed by atoms with van der Waals surface area (Å²) in [5.74, 6) is -0.104. The minimum Gasteiger partial charge on any atom is -0.394 e. The molecule has 1 unspecified atom stereocenters. The van der Waals surface area contributed by atoms with E-state index in [2.05, 4.69) is 4.98 Å². The Bertz CT molecular complexity index is 618. The van der Waals surface area contributed by atoms with E-state index in [0.29, 0.717) is 5.69 Å². The molecule has 1 N–H and O–H groups in total. The summed E-state index contributed by atoms with van der Waals surface area (Å²) in [5, 5.41) is 12.1. The molecule has 6 heteroatoms. The molecule has 5 nitrogen and oxygen atoms in total. The van der Waals surface area contributed by atoms with E-state index in [0.717, 1.165) is 16.3 Å². The molecule has 0 spiro atoms. The normalized spacial score (nSPS) is 12.4. The topological polar surface area (TPSA) is 58.4 Å². The SMILES string of the molecule is Cc1nc(-c2cc(C(=O)N(C)C(C)CO)n(C)c2)cs1. The average molecular weight is 293 g/mol. The molecule has 0 fully saturated rings. The summed E-state index contributed by atoms with van der Waals surface area (Å²) in [7, 11) is 3.54. The molecule has 108 valence electrons. The van der Waals surface area contributed by atoms with Crippen molar-refractivity contribution >= 4 is 17.2 Å². The van der Waals surface area contributed by atoms with Crippen molar-refractivity contribution in [2.75, 3.05) is 13.7 Å². The van der Waals surface area contributed by atoms with E-state index in [9.17, 15) is 4.79 Å². The number of nitrogens with zero attached hydrogens (tertiary/aromatic N) is 3. The Balaban J connectivity index is 2.30. The quantitative estimate of drug-likeness (QED) is 0.937. The Kier molecular flexibility index (Phi) is 4.25. The zero-order chi connectivity index (χ0) is 14.9. The number of amides is 1. The van der Waals surface area contributed by atoms with Gasteiger partial charge in [-0.25, -0.2) is 4.98 Å². The van der Waals surface area contributed by atoms with Gasteiger partial charge in [0.15, 0.2) is 0 Å². The number of rotatable bonds is 4. The van der Waals surface area contributed by atoms with Crippen LogP contribution < -0.4 is 0 Å². The Morgan fingerprint density at radius 2 is 2.30 bits per heavy atom. The first-order valence-electron chi connectivity index (χ1n) is 6.41. The molecule has 0 aliphatic heterocycles. The molecule has 2 heterocycles. The molecule has 1 amide bonds. The van der Waals surface area contributed by atoms with Crippen LogP contribution in [0.4, 0.5) is 0 Å². The lowest BCUT2D eigenvalue weighted by atomic mass is 10.2. The molecule has 2 aromatic rings. The number of likely N-dealkylation sites (N-methyl/N-ethyl adjacent to an activating group) is 1. The van der Waals surface area contributed by atoms with Crippen molar-refractivity contribution < 1.29 is 9.90 Å². The second kappa shape index (κ2) is 5.76. The van der Waals surface area contributed by atoms with Crippen LogP contribution in [0.1, 0.15) is 22.4 Å². The number of hydrogen-bond donors (Lipinski definition) is 1. The van der Waals surface area contributed by atoms with E-state index in [1.165, 1.54) is 0 Å². The van der Waals surface area contributed by atoms with Crippen molar-refractivity contribution in [2.45, 2.75) is 19.9 Å². The smallest absolute Gasteiger partial charge is 0.270 e. The zero-order valence-electron chi connectivity index (χ0n) is 12.1. The summed E-state index contributed by atoms with van der Waals surface area (Å²) in [6.45, 7) is 3.72. The standard InChI is InChI=1S/C14H19N3O2S/c1-9(7-18)17(4)14(19)13-5-11(6-16(13)3)12-8-20-10(2)15-12/h5-6,8-9,18H,7H2,1-4H3. The highest BCUT2D eigenvalue weighted by atomic mass is 32.1. The van der Waals surface area contributed by atoms with Gasteiger partial charge in [0, 0.05) is 31.2 Å². The first-order valence-corrected chi connectivity index (χ1v) is 7.29. The number of thiazole rings is 1. The maximum atomic E-state index is 12.4. The summed E-state index contributed by atoms with van der Waals surface area (Å²) >= 11 is 1.59. The number of carbonyl (C=O) groups excluding carboxylic acids is 1. The third-order valence-electron chi connectivity index (χ3n) is 3.38. The maximum Gasteiger partial charge on any atom is 0.270 e. The lowest BCUT2D eigenvalue weighted by Gasteiger charge is -2.23. The molecule has 2 rings (SSSR count). The van der Waals surface area contributed by atoms with Crippen molar-refractivity contribution in [3.05, 3.63) is 28.3 Å². The first kappa shape index (κ1) is 14.7. The van der Waals surface area contributed by atoms with Gasteiger partial charge in [-0.15, -0.1) is 11.3 Å². The highest BCUT2D eigenvalue weighted by Gasteiger charge is 2.20. The predicted molar refractivity (Wildman–Crippen MR) is 79.9 cm³/mol.